The first-order chi connectivity index (χ1) is 14.8. The van der Waals surface area contributed by atoms with Crippen molar-refractivity contribution in [1.82, 2.24) is 24.5 Å². The minimum absolute atomic E-state index is 0.0766. The molecule has 10 nitrogen and oxygen atoms in total. The fourth-order valence-corrected chi connectivity index (χ4v) is 3.77. The molecule has 0 saturated carbocycles. The van der Waals surface area contributed by atoms with Crippen molar-refractivity contribution in [2.24, 2.45) is 5.14 Å². The average Bonchev–Trinajstić information content (AvgIpc) is 3.10. The highest BCUT2D eigenvalue weighted by molar-refractivity contribution is 7.89. The van der Waals surface area contributed by atoms with Gasteiger partial charge >= 0.3 is 6.01 Å². The van der Waals surface area contributed by atoms with Crippen LogP contribution >= 0.6 is 0 Å². The summed E-state index contributed by atoms with van der Waals surface area (Å²) < 4.78 is 44.1. The van der Waals surface area contributed by atoms with Crippen LogP contribution in [0.4, 0.5) is 10.3 Å². The maximum Gasteiger partial charge on any atom is 0.304 e. The van der Waals surface area contributed by atoms with E-state index >= 15 is 0 Å². The number of imidazole rings is 1. The molecule has 0 radical (unpaired) electrons. The lowest BCUT2D eigenvalue weighted by molar-refractivity contribution is 0.374. The van der Waals surface area contributed by atoms with Gasteiger partial charge in [-0.05, 0) is 36.8 Å². The van der Waals surface area contributed by atoms with E-state index in [2.05, 4.69) is 25.3 Å². The van der Waals surface area contributed by atoms with Crippen molar-refractivity contribution in [3.8, 4) is 12.0 Å². The molecule has 0 fully saturated rings. The Bertz CT molecular complexity index is 1390. The van der Waals surface area contributed by atoms with E-state index in [1.54, 1.807) is 25.1 Å². The molecule has 3 N–H and O–H groups in total. The molecule has 0 unspecified atom stereocenters. The lowest BCUT2D eigenvalue weighted by Gasteiger charge is -2.10. The number of primary sulfonamides is 1. The van der Waals surface area contributed by atoms with Crippen LogP contribution in [-0.2, 0) is 16.6 Å². The number of halogens is 1. The summed E-state index contributed by atoms with van der Waals surface area (Å²) in [5.74, 6) is 0.476. The van der Waals surface area contributed by atoms with Crippen LogP contribution in [0.15, 0.2) is 47.4 Å². The second-order valence-electron chi connectivity index (χ2n) is 6.59. The van der Waals surface area contributed by atoms with Gasteiger partial charge in [-0.1, -0.05) is 18.2 Å². The van der Waals surface area contributed by atoms with Crippen molar-refractivity contribution in [3.63, 3.8) is 0 Å². The lowest BCUT2D eigenvalue weighted by Crippen LogP contribution is -2.13. The maximum absolute atomic E-state index is 13.4. The first-order valence-electron chi connectivity index (χ1n) is 9.06. The fourth-order valence-electron chi connectivity index (χ4n) is 3.09. The molecule has 4 rings (SSSR count). The molecule has 0 atom stereocenters. The van der Waals surface area contributed by atoms with E-state index < -0.39 is 10.0 Å². The highest BCUT2D eigenvalue weighted by atomic mass is 32.2. The van der Waals surface area contributed by atoms with Crippen LogP contribution in [0.25, 0.3) is 17.0 Å². The van der Waals surface area contributed by atoms with Crippen molar-refractivity contribution in [2.75, 3.05) is 12.4 Å². The van der Waals surface area contributed by atoms with E-state index in [1.807, 2.05) is 0 Å². The third-order valence-corrected chi connectivity index (χ3v) is 5.32. The van der Waals surface area contributed by atoms with Crippen LogP contribution in [-0.4, -0.2) is 40.0 Å². The number of nitrogens with zero attached hydrogens (tertiary/aromatic N) is 5. The highest BCUT2D eigenvalue weighted by Gasteiger charge is 2.22. The summed E-state index contributed by atoms with van der Waals surface area (Å²) in [5, 5.41) is 8.35. The van der Waals surface area contributed by atoms with Crippen molar-refractivity contribution < 1.29 is 17.5 Å². The molecule has 31 heavy (non-hydrogen) atoms. The molecule has 12 heteroatoms. The van der Waals surface area contributed by atoms with Crippen LogP contribution in [0, 0.1) is 12.7 Å². The number of rotatable bonds is 6. The Hall–Kier alpha value is -3.64. The van der Waals surface area contributed by atoms with Crippen LogP contribution in [0.1, 0.15) is 11.4 Å². The Labute approximate surface area is 177 Å². The Kier molecular flexibility index (Phi) is 5.25. The number of aromatic nitrogens is 5. The number of sulfonamides is 1. The van der Waals surface area contributed by atoms with Gasteiger partial charge in [0.15, 0.2) is 0 Å². The Morgan fingerprint density at radius 1 is 1.13 bits per heavy atom. The first kappa shape index (κ1) is 20.6. The molecule has 4 aromatic rings. The molecule has 0 aliphatic rings. The van der Waals surface area contributed by atoms with E-state index in [-0.39, 0.29) is 40.7 Å². The van der Waals surface area contributed by atoms with Crippen molar-refractivity contribution in [3.05, 3.63) is 59.7 Å². The largest absolute Gasteiger partial charge is 0.468 e. The molecule has 160 valence electrons. The Balaban J connectivity index is 1.79. The Morgan fingerprint density at radius 3 is 2.61 bits per heavy atom. The molecule has 2 aromatic heterocycles. The third-order valence-electron chi connectivity index (χ3n) is 4.38. The number of hydrogen-bond acceptors (Lipinski definition) is 8. The summed E-state index contributed by atoms with van der Waals surface area (Å²) in [6.07, 6.45) is 0. The van der Waals surface area contributed by atoms with E-state index in [0.29, 0.717) is 16.9 Å². The first-order valence-corrected chi connectivity index (χ1v) is 10.6. The fraction of sp³-hybridized carbons (Fsp3) is 0.158. The molecule has 0 aliphatic heterocycles. The number of para-hydroxylation sites is 1. The molecule has 2 heterocycles. The number of aryl methyl sites for hydroxylation is 1. The summed E-state index contributed by atoms with van der Waals surface area (Å²) in [7, 11) is -2.62. The molecule has 0 spiro atoms. The number of hydrogen-bond donors (Lipinski definition) is 2. The standard InChI is InChI=1S/C19H18FN7O3S/c1-11-23-17(22-10-12-5-3-6-13(20)9-12)26-18(24-11)27-14-7-4-8-15(31(21,28)29)16(14)25-19(27)30-2/h3-9H,10H2,1-2H3,(H2,21,28,29)(H,22,23,24,26). The topological polar surface area (TPSA) is 138 Å². The zero-order chi connectivity index (χ0) is 22.2. The molecule has 0 bridgehead atoms. The summed E-state index contributed by atoms with van der Waals surface area (Å²) in [6, 6.07) is 10.8. The second kappa shape index (κ2) is 7.89. The van der Waals surface area contributed by atoms with Gasteiger partial charge in [0.1, 0.15) is 22.1 Å². The van der Waals surface area contributed by atoms with Crippen molar-refractivity contribution in [2.45, 2.75) is 18.4 Å². The number of benzene rings is 2. The smallest absolute Gasteiger partial charge is 0.304 e. The van der Waals surface area contributed by atoms with E-state index in [9.17, 15) is 12.8 Å². The monoisotopic (exact) mass is 443 g/mol. The Morgan fingerprint density at radius 2 is 1.90 bits per heavy atom. The summed E-state index contributed by atoms with van der Waals surface area (Å²) in [6.45, 7) is 1.97. The minimum Gasteiger partial charge on any atom is -0.468 e. The quantitative estimate of drug-likeness (QED) is 0.461. The predicted octanol–water partition coefficient (Wildman–Crippen LogP) is 1.93. The highest BCUT2D eigenvalue weighted by Crippen LogP contribution is 2.28. The minimum atomic E-state index is -4.01. The summed E-state index contributed by atoms with van der Waals surface area (Å²) in [5.41, 5.74) is 1.24. The maximum atomic E-state index is 13.4. The summed E-state index contributed by atoms with van der Waals surface area (Å²) >= 11 is 0. The van der Waals surface area contributed by atoms with Crippen LogP contribution in [0.2, 0.25) is 0 Å². The zero-order valence-corrected chi connectivity index (χ0v) is 17.4. The van der Waals surface area contributed by atoms with Gasteiger partial charge in [0.25, 0.3) is 0 Å². The number of nitrogens with one attached hydrogen (secondary N) is 1. The van der Waals surface area contributed by atoms with E-state index in [4.69, 9.17) is 9.88 Å². The van der Waals surface area contributed by atoms with Crippen LogP contribution in [0.3, 0.4) is 0 Å². The number of nitrogens with two attached hydrogens (primary N) is 1. The van der Waals surface area contributed by atoms with Crippen LogP contribution < -0.4 is 15.2 Å². The lowest BCUT2D eigenvalue weighted by atomic mass is 10.2. The molecular formula is C19H18FN7O3S. The number of fused-ring (bicyclic) bond motifs is 1. The molecule has 0 saturated heterocycles. The molecule has 2 aromatic carbocycles. The van der Waals surface area contributed by atoms with Gasteiger partial charge < -0.3 is 10.1 Å². The van der Waals surface area contributed by atoms with Gasteiger partial charge in [-0.3, -0.25) is 0 Å². The van der Waals surface area contributed by atoms with Gasteiger partial charge in [0.05, 0.1) is 12.6 Å². The number of ether oxygens (including phenoxy) is 1. The van der Waals surface area contributed by atoms with Gasteiger partial charge in [0, 0.05) is 6.54 Å². The molecular weight excluding hydrogens is 425 g/mol. The second-order valence-corrected chi connectivity index (χ2v) is 8.12. The van der Waals surface area contributed by atoms with E-state index in [1.165, 1.54) is 35.9 Å². The average molecular weight is 443 g/mol. The normalized spacial score (nSPS) is 11.6. The zero-order valence-electron chi connectivity index (χ0n) is 16.6. The third kappa shape index (κ3) is 4.15. The van der Waals surface area contributed by atoms with Crippen molar-refractivity contribution in [1.29, 1.82) is 0 Å². The number of methoxy groups -OCH3 is 1. The van der Waals surface area contributed by atoms with Gasteiger partial charge in [-0.25, -0.2) is 22.5 Å². The molecule has 0 aliphatic carbocycles. The number of anilines is 1. The predicted molar refractivity (Wildman–Crippen MR) is 111 cm³/mol. The van der Waals surface area contributed by atoms with Gasteiger partial charge in [0.2, 0.25) is 21.9 Å². The van der Waals surface area contributed by atoms with Crippen LogP contribution in [0.5, 0.6) is 6.01 Å². The van der Waals surface area contributed by atoms with Gasteiger partial charge in [-0.2, -0.15) is 19.9 Å². The van der Waals surface area contributed by atoms with Crippen molar-refractivity contribution >= 4 is 27.0 Å². The van der Waals surface area contributed by atoms with Gasteiger partial charge in [-0.15, -0.1) is 0 Å². The SMILES string of the molecule is COc1nc2c(S(N)(=O)=O)cccc2n1-c1nc(C)nc(NCc2cccc(F)c2)n1. The molecule has 0 amide bonds. The van der Waals surface area contributed by atoms with E-state index in [0.717, 1.165) is 0 Å². The summed E-state index contributed by atoms with van der Waals surface area (Å²) in [4.78, 5) is 17.1.